The van der Waals surface area contributed by atoms with E-state index in [1.165, 1.54) is 23.5 Å². The van der Waals surface area contributed by atoms with E-state index in [0.29, 0.717) is 26.4 Å². The molecule has 0 saturated carbocycles. The number of fused-ring (bicyclic) bond motifs is 1. The lowest BCUT2D eigenvalue weighted by atomic mass is 9.96. The van der Waals surface area contributed by atoms with Gasteiger partial charge in [-0.15, -0.1) is 0 Å². The molecule has 0 N–H and O–H groups in total. The number of benzene rings is 2. The molecule has 0 aliphatic carbocycles. The number of hydrogen-bond acceptors (Lipinski definition) is 8. The van der Waals surface area contributed by atoms with Crippen LogP contribution in [0.3, 0.4) is 0 Å². The van der Waals surface area contributed by atoms with Crippen LogP contribution in [0.25, 0.3) is 11.8 Å². The van der Waals surface area contributed by atoms with Crippen molar-refractivity contribution in [1.82, 2.24) is 9.13 Å². The maximum absolute atomic E-state index is 13.9. The number of thiazole rings is 1. The molecule has 5 rings (SSSR count). The Morgan fingerprint density at radius 3 is 2.41 bits per heavy atom. The molecular weight excluding hydrogens is 544 g/mol. The summed E-state index contributed by atoms with van der Waals surface area (Å²) in [5.74, 6) is 0.137. The SMILES string of the molecule is CCOC(=O)C1=C(C)N=c2sc(=Cc3cc(C)n(-c4ccc([N+](=O)[O-])cc4)c3C)c(=O)n2C1c1ccc(OC)cc1. The maximum atomic E-state index is 13.9. The highest BCUT2D eigenvalue weighted by molar-refractivity contribution is 7.07. The number of non-ortho nitro benzene ring substituents is 1. The quantitative estimate of drug-likeness (QED) is 0.187. The smallest absolute Gasteiger partial charge is 0.338 e. The van der Waals surface area contributed by atoms with Gasteiger partial charge >= 0.3 is 5.97 Å². The van der Waals surface area contributed by atoms with Crippen molar-refractivity contribution in [3.05, 3.63) is 118 Å². The number of nitrogens with zero attached hydrogens (tertiary/aromatic N) is 4. The number of carbonyl (C=O) groups is 1. The second-order valence-electron chi connectivity index (χ2n) is 9.51. The summed E-state index contributed by atoms with van der Waals surface area (Å²) >= 11 is 1.25. The van der Waals surface area contributed by atoms with Crippen LogP contribution >= 0.6 is 11.3 Å². The molecule has 0 saturated heterocycles. The zero-order valence-corrected chi connectivity index (χ0v) is 24.0. The van der Waals surface area contributed by atoms with Crippen LogP contribution in [0.4, 0.5) is 5.69 Å². The van der Waals surface area contributed by atoms with Crippen LogP contribution in [0.5, 0.6) is 5.75 Å². The second-order valence-corrected chi connectivity index (χ2v) is 10.5. The molecule has 2 aromatic heterocycles. The fourth-order valence-corrected chi connectivity index (χ4v) is 6.13. The first kappa shape index (κ1) is 27.8. The van der Waals surface area contributed by atoms with Gasteiger partial charge in [0.05, 0.1) is 40.5 Å². The van der Waals surface area contributed by atoms with Gasteiger partial charge in [-0.1, -0.05) is 23.5 Å². The third-order valence-corrected chi connectivity index (χ3v) is 8.01. The van der Waals surface area contributed by atoms with Gasteiger partial charge in [-0.3, -0.25) is 19.5 Å². The van der Waals surface area contributed by atoms with Crippen molar-refractivity contribution in [2.75, 3.05) is 13.7 Å². The third kappa shape index (κ3) is 5.00. The Morgan fingerprint density at radius 2 is 1.80 bits per heavy atom. The number of nitro benzene ring substituents is 1. The van der Waals surface area contributed by atoms with Crippen molar-refractivity contribution in [1.29, 1.82) is 0 Å². The van der Waals surface area contributed by atoms with Gasteiger partial charge in [0, 0.05) is 29.2 Å². The van der Waals surface area contributed by atoms with Gasteiger partial charge in [0.1, 0.15) is 5.75 Å². The first-order valence-electron chi connectivity index (χ1n) is 12.9. The predicted molar refractivity (Wildman–Crippen MR) is 155 cm³/mol. The number of nitro groups is 1. The van der Waals surface area contributed by atoms with Crippen molar-refractivity contribution in [2.24, 2.45) is 4.99 Å². The van der Waals surface area contributed by atoms with E-state index in [0.717, 1.165) is 28.2 Å². The molecule has 0 radical (unpaired) electrons. The molecule has 210 valence electrons. The molecule has 1 aliphatic heterocycles. The number of hydrogen-bond donors (Lipinski definition) is 0. The molecule has 4 aromatic rings. The van der Waals surface area contributed by atoms with Gasteiger partial charge in [-0.05, 0) is 75.2 Å². The lowest BCUT2D eigenvalue weighted by molar-refractivity contribution is -0.384. The fourth-order valence-electron chi connectivity index (χ4n) is 5.09. The van der Waals surface area contributed by atoms with Crippen molar-refractivity contribution >= 4 is 29.1 Å². The number of aromatic nitrogens is 2. The fraction of sp³-hybridized carbons (Fsp3) is 0.233. The minimum Gasteiger partial charge on any atom is -0.497 e. The number of carbonyl (C=O) groups excluding carboxylic acids is 1. The topological polar surface area (TPSA) is 118 Å². The Balaban J connectivity index is 1.65. The normalized spacial score (nSPS) is 15.0. The molecule has 3 heterocycles. The molecule has 2 aromatic carbocycles. The van der Waals surface area contributed by atoms with Crippen molar-refractivity contribution in [2.45, 2.75) is 33.7 Å². The molecule has 1 atom stereocenters. The van der Waals surface area contributed by atoms with E-state index in [2.05, 4.69) is 4.99 Å². The van der Waals surface area contributed by atoms with E-state index < -0.39 is 16.9 Å². The molecule has 0 bridgehead atoms. The summed E-state index contributed by atoms with van der Waals surface area (Å²) in [6.45, 7) is 7.54. The summed E-state index contributed by atoms with van der Waals surface area (Å²) in [6.07, 6.45) is 1.82. The van der Waals surface area contributed by atoms with E-state index in [-0.39, 0.29) is 17.9 Å². The zero-order chi connectivity index (χ0) is 29.4. The van der Waals surface area contributed by atoms with E-state index in [1.54, 1.807) is 49.8 Å². The zero-order valence-electron chi connectivity index (χ0n) is 23.2. The third-order valence-electron chi connectivity index (χ3n) is 7.02. The van der Waals surface area contributed by atoms with Crippen LogP contribution in [-0.4, -0.2) is 33.7 Å². The highest BCUT2D eigenvalue weighted by Crippen LogP contribution is 2.31. The first-order valence-corrected chi connectivity index (χ1v) is 13.7. The minimum atomic E-state index is -0.717. The number of ether oxygens (including phenoxy) is 2. The van der Waals surface area contributed by atoms with Crippen LogP contribution in [-0.2, 0) is 9.53 Å². The molecular formula is C30H28N4O6S. The second kappa shape index (κ2) is 11.0. The largest absolute Gasteiger partial charge is 0.497 e. The summed E-state index contributed by atoms with van der Waals surface area (Å²) in [6, 6.07) is 14.8. The lowest BCUT2D eigenvalue weighted by Gasteiger charge is -2.24. The summed E-state index contributed by atoms with van der Waals surface area (Å²) in [4.78, 5) is 42.8. The molecule has 0 amide bonds. The first-order chi connectivity index (χ1) is 19.6. The Morgan fingerprint density at radius 1 is 1.12 bits per heavy atom. The molecule has 41 heavy (non-hydrogen) atoms. The molecule has 11 heteroatoms. The van der Waals surface area contributed by atoms with Crippen LogP contribution in [0.2, 0.25) is 0 Å². The Hall–Kier alpha value is -4.77. The summed E-state index contributed by atoms with van der Waals surface area (Å²) in [5.41, 5.74) is 4.66. The number of esters is 1. The summed E-state index contributed by atoms with van der Waals surface area (Å²) in [7, 11) is 1.57. The molecule has 0 spiro atoms. The van der Waals surface area contributed by atoms with Crippen molar-refractivity contribution in [3.63, 3.8) is 0 Å². The summed E-state index contributed by atoms with van der Waals surface area (Å²) < 4.78 is 14.7. The Kier molecular flexibility index (Phi) is 7.46. The highest BCUT2D eigenvalue weighted by Gasteiger charge is 2.33. The number of methoxy groups -OCH3 is 1. The van der Waals surface area contributed by atoms with Gasteiger partial charge in [0.15, 0.2) is 4.80 Å². The summed E-state index contributed by atoms with van der Waals surface area (Å²) in [5, 5.41) is 11.1. The lowest BCUT2D eigenvalue weighted by Crippen LogP contribution is -2.39. The molecule has 10 nitrogen and oxygen atoms in total. The average Bonchev–Trinajstić information content (AvgIpc) is 3.41. The Labute approximate surface area is 239 Å². The van der Waals surface area contributed by atoms with Gasteiger partial charge in [-0.25, -0.2) is 9.79 Å². The number of allylic oxidation sites excluding steroid dienone is 1. The van der Waals surface area contributed by atoms with Crippen LogP contribution < -0.4 is 19.6 Å². The van der Waals surface area contributed by atoms with Crippen molar-refractivity contribution < 1.29 is 19.2 Å². The van der Waals surface area contributed by atoms with Gasteiger partial charge in [0.2, 0.25) is 0 Å². The van der Waals surface area contributed by atoms with E-state index in [4.69, 9.17) is 9.47 Å². The number of rotatable bonds is 7. The van der Waals surface area contributed by atoms with E-state index in [1.807, 2.05) is 42.7 Å². The van der Waals surface area contributed by atoms with Crippen LogP contribution in [0.1, 0.15) is 42.4 Å². The van der Waals surface area contributed by atoms with Crippen LogP contribution in [0.15, 0.2) is 75.7 Å². The monoisotopic (exact) mass is 572 g/mol. The van der Waals surface area contributed by atoms with Gasteiger partial charge in [-0.2, -0.15) is 0 Å². The maximum Gasteiger partial charge on any atom is 0.338 e. The molecule has 0 fully saturated rings. The molecule has 1 unspecified atom stereocenters. The standard InChI is InChI=1S/C30H28N4O6S/c1-6-40-29(36)26-18(3)31-30-33(27(26)20-7-13-24(39-5)14-8-20)28(35)25(41-30)16-21-15-17(2)32(19(21)4)22-9-11-23(12-10-22)34(37)38/h7-16,27H,6H2,1-5H3. The predicted octanol–water partition coefficient (Wildman–Crippen LogP) is 4.12. The highest BCUT2D eigenvalue weighted by atomic mass is 32.1. The van der Waals surface area contributed by atoms with Gasteiger partial charge < -0.3 is 14.0 Å². The minimum absolute atomic E-state index is 0.0152. The van der Waals surface area contributed by atoms with Gasteiger partial charge in [0.25, 0.3) is 11.2 Å². The number of aryl methyl sites for hydroxylation is 1. The van der Waals surface area contributed by atoms with E-state index in [9.17, 15) is 19.7 Å². The van der Waals surface area contributed by atoms with E-state index >= 15 is 0 Å². The average molecular weight is 573 g/mol. The molecule has 1 aliphatic rings. The van der Waals surface area contributed by atoms with Crippen LogP contribution in [0, 0.1) is 24.0 Å². The Bertz CT molecular complexity index is 1880. The van der Waals surface area contributed by atoms with Crippen molar-refractivity contribution in [3.8, 4) is 11.4 Å².